The zero-order valence-corrected chi connectivity index (χ0v) is 50.3. The molecular formula is C64H126N2O6P+. The highest BCUT2D eigenvalue weighted by molar-refractivity contribution is 7.47. The second-order valence-corrected chi connectivity index (χ2v) is 24.6. The number of likely N-dealkylation sites (N-methyl/N-ethyl adjacent to an activating group) is 1. The van der Waals surface area contributed by atoms with E-state index in [4.69, 9.17) is 9.05 Å². The van der Waals surface area contributed by atoms with E-state index in [2.05, 4.69) is 43.5 Å². The molecule has 0 saturated heterocycles. The molecule has 0 fully saturated rings. The number of quaternary nitrogens is 1. The first kappa shape index (κ1) is 71.7. The highest BCUT2D eigenvalue weighted by Crippen LogP contribution is 2.43. The highest BCUT2D eigenvalue weighted by atomic mass is 31.2. The Morgan fingerprint density at radius 2 is 0.781 bits per heavy atom. The Balaban J connectivity index is 4.07. The Hall–Kier alpha value is -1.28. The van der Waals surface area contributed by atoms with E-state index in [0.717, 1.165) is 44.9 Å². The standard InChI is InChI=1S/C64H125N2O6P/c1-6-8-10-12-14-16-18-20-22-24-26-28-29-30-31-32-33-34-35-36-37-38-40-42-44-46-48-50-52-54-56-58-64(68)65-62(61-72-73(69,70)71-60-59-66(3,4)5)63(67)57-55-53-51-49-47-45-43-41-39-27-25-23-21-19-17-15-13-11-9-7-2/h18,20,24,26,55,57,62-63,67H,6-17,19,21-23,25,27-54,56,58-61H2,1-5H3,(H-,65,68,69,70)/p+1/b20-18-,26-24-,57-55+. The normalized spacial score (nSPS) is 14.0. The predicted octanol–water partition coefficient (Wildman–Crippen LogP) is 19.7. The van der Waals surface area contributed by atoms with Gasteiger partial charge >= 0.3 is 7.82 Å². The van der Waals surface area contributed by atoms with Gasteiger partial charge in [0.2, 0.25) is 5.91 Å². The minimum atomic E-state index is -4.35. The number of carbonyl (C=O) groups excluding carboxylic acids is 1. The molecular weight excluding hydrogens is 924 g/mol. The van der Waals surface area contributed by atoms with Crippen molar-refractivity contribution in [2.24, 2.45) is 0 Å². The van der Waals surface area contributed by atoms with Gasteiger partial charge in [-0.05, 0) is 51.4 Å². The number of aliphatic hydroxyl groups is 1. The summed E-state index contributed by atoms with van der Waals surface area (Å²) in [6, 6.07) is -0.845. The average Bonchev–Trinajstić information content (AvgIpc) is 3.35. The van der Waals surface area contributed by atoms with Crippen LogP contribution >= 0.6 is 7.82 Å². The maximum Gasteiger partial charge on any atom is 0.472 e. The minimum Gasteiger partial charge on any atom is -0.387 e. The number of carbonyl (C=O) groups is 1. The summed E-state index contributed by atoms with van der Waals surface area (Å²) in [6.07, 6.45) is 72.6. The lowest BCUT2D eigenvalue weighted by Crippen LogP contribution is -2.45. The van der Waals surface area contributed by atoms with Crippen molar-refractivity contribution >= 4 is 13.7 Å². The maximum absolute atomic E-state index is 13.0. The van der Waals surface area contributed by atoms with E-state index in [0.29, 0.717) is 17.4 Å². The van der Waals surface area contributed by atoms with Crippen LogP contribution in [0, 0.1) is 0 Å². The molecule has 3 unspecified atom stereocenters. The smallest absolute Gasteiger partial charge is 0.387 e. The quantitative estimate of drug-likeness (QED) is 0.0243. The van der Waals surface area contributed by atoms with Crippen LogP contribution in [0.2, 0.25) is 0 Å². The zero-order chi connectivity index (χ0) is 53.5. The van der Waals surface area contributed by atoms with Gasteiger partial charge in [-0.3, -0.25) is 13.8 Å². The summed E-state index contributed by atoms with van der Waals surface area (Å²) < 4.78 is 23.8. The molecule has 0 aliphatic rings. The van der Waals surface area contributed by atoms with E-state index in [1.165, 1.54) is 250 Å². The molecule has 0 aliphatic heterocycles. The third-order valence-corrected chi connectivity index (χ3v) is 15.6. The molecule has 73 heavy (non-hydrogen) atoms. The Morgan fingerprint density at radius 3 is 1.12 bits per heavy atom. The Morgan fingerprint density at radius 1 is 0.466 bits per heavy atom. The van der Waals surface area contributed by atoms with Crippen molar-refractivity contribution < 1.29 is 32.9 Å². The molecule has 432 valence electrons. The summed E-state index contributed by atoms with van der Waals surface area (Å²) in [4.78, 5) is 23.4. The van der Waals surface area contributed by atoms with Crippen LogP contribution < -0.4 is 5.32 Å². The highest BCUT2D eigenvalue weighted by Gasteiger charge is 2.28. The summed E-state index contributed by atoms with van der Waals surface area (Å²) >= 11 is 0. The summed E-state index contributed by atoms with van der Waals surface area (Å²) in [5.74, 6) is -0.171. The monoisotopic (exact) mass is 1050 g/mol. The third-order valence-electron chi connectivity index (χ3n) is 14.6. The van der Waals surface area contributed by atoms with Gasteiger partial charge in [0.1, 0.15) is 13.2 Å². The lowest BCUT2D eigenvalue weighted by molar-refractivity contribution is -0.870. The maximum atomic E-state index is 13.0. The largest absolute Gasteiger partial charge is 0.472 e. The number of phosphoric acid groups is 1. The Bertz CT molecular complexity index is 1280. The molecule has 0 saturated carbocycles. The van der Waals surface area contributed by atoms with Gasteiger partial charge in [0.05, 0.1) is 39.9 Å². The van der Waals surface area contributed by atoms with Gasteiger partial charge < -0.3 is 19.8 Å². The molecule has 0 aromatic rings. The second kappa shape index (κ2) is 55.5. The number of rotatable bonds is 59. The molecule has 0 bridgehead atoms. The molecule has 0 rings (SSSR count). The first-order valence-electron chi connectivity index (χ1n) is 31.9. The van der Waals surface area contributed by atoms with E-state index in [9.17, 15) is 19.4 Å². The fourth-order valence-electron chi connectivity index (χ4n) is 9.61. The summed E-state index contributed by atoms with van der Waals surface area (Å²) in [5, 5.41) is 14.0. The predicted molar refractivity (Wildman–Crippen MR) is 318 cm³/mol. The summed E-state index contributed by atoms with van der Waals surface area (Å²) in [6.45, 7) is 4.85. The topological polar surface area (TPSA) is 105 Å². The molecule has 3 atom stereocenters. The number of nitrogens with zero attached hydrogens (tertiary/aromatic N) is 1. The fourth-order valence-corrected chi connectivity index (χ4v) is 10.3. The Labute approximate surface area is 455 Å². The van der Waals surface area contributed by atoms with Crippen molar-refractivity contribution in [1.82, 2.24) is 5.32 Å². The molecule has 0 aromatic heterocycles. The number of phosphoric ester groups is 1. The van der Waals surface area contributed by atoms with Crippen LogP contribution in [0.4, 0.5) is 0 Å². The molecule has 0 spiro atoms. The molecule has 0 aromatic carbocycles. The molecule has 3 N–H and O–H groups in total. The van der Waals surface area contributed by atoms with Gasteiger partial charge in [-0.25, -0.2) is 4.57 Å². The summed E-state index contributed by atoms with van der Waals surface area (Å²) in [7, 11) is 1.59. The number of allylic oxidation sites excluding steroid dienone is 5. The van der Waals surface area contributed by atoms with Crippen LogP contribution in [0.5, 0.6) is 0 Å². The Kier molecular flexibility index (Phi) is 54.5. The van der Waals surface area contributed by atoms with Gasteiger partial charge in [0.15, 0.2) is 0 Å². The lowest BCUT2D eigenvalue weighted by atomic mass is 10.0. The SMILES string of the molecule is CCCCCCC/C=C\C/C=C\CCCCCCCCCCCCCCCCCCCCCC(=O)NC(COP(=O)(O)OCC[N+](C)(C)C)C(O)/C=C/CCCCCCCCCCCCCCCCCCCC. The number of nitrogens with one attached hydrogen (secondary N) is 1. The van der Waals surface area contributed by atoms with Gasteiger partial charge in [0.25, 0.3) is 0 Å². The van der Waals surface area contributed by atoms with Crippen molar-refractivity contribution in [3.8, 4) is 0 Å². The van der Waals surface area contributed by atoms with Gasteiger partial charge in [-0.2, -0.15) is 0 Å². The molecule has 0 aliphatic carbocycles. The van der Waals surface area contributed by atoms with Crippen molar-refractivity contribution in [1.29, 1.82) is 0 Å². The first-order valence-corrected chi connectivity index (χ1v) is 33.4. The number of hydrogen-bond acceptors (Lipinski definition) is 5. The fraction of sp³-hybridized carbons (Fsp3) is 0.891. The second-order valence-electron chi connectivity index (χ2n) is 23.1. The molecule has 1 amide bonds. The molecule has 0 heterocycles. The van der Waals surface area contributed by atoms with Gasteiger partial charge in [-0.15, -0.1) is 0 Å². The molecule has 8 nitrogen and oxygen atoms in total. The number of hydrogen-bond donors (Lipinski definition) is 3. The van der Waals surface area contributed by atoms with Crippen LogP contribution in [0.3, 0.4) is 0 Å². The van der Waals surface area contributed by atoms with E-state index >= 15 is 0 Å². The molecule has 0 radical (unpaired) electrons. The van der Waals surface area contributed by atoms with Gasteiger partial charge in [-0.1, -0.05) is 294 Å². The summed E-state index contributed by atoms with van der Waals surface area (Å²) in [5.41, 5.74) is 0. The minimum absolute atomic E-state index is 0.0634. The van der Waals surface area contributed by atoms with Crippen LogP contribution in [-0.4, -0.2) is 73.4 Å². The molecule has 9 heteroatoms. The van der Waals surface area contributed by atoms with Crippen LogP contribution in [0.1, 0.15) is 316 Å². The van der Waals surface area contributed by atoms with Crippen LogP contribution in [0.15, 0.2) is 36.5 Å². The van der Waals surface area contributed by atoms with Crippen molar-refractivity contribution in [3.63, 3.8) is 0 Å². The van der Waals surface area contributed by atoms with Crippen molar-refractivity contribution in [3.05, 3.63) is 36.5 Å². The van der Waals surface area contributed by atoms with E-state index in [1.807, 2.05) is 27.2 Å². The number of unbranched alkanes of at least 4 members (excludes halogenated alkanes) is 42. The van der Waals surface area contributed by atoms with E-state index < -0.39 is 20.0 Å². The average molecular weight is 1050 g/mol. The van der Waals surface area contributed by atoms with E-state index in [1.54, 1.807) is 6.08 Å². The first-order chi connectivity index (χ1) is 35.5. The third kappa shape index (κ3) is 58.2. The zero-order valence-electron chi connectivity index (χ0n) is 49.4. The van der Waals surface area contributed by atoms with Crippen LogP contribution in [0.25, 0.3) is 0 Å². The van der Waals surface area contributed by atoms with Gasteiger partial charge in [0, 0.05) is 6.42 Å². The van der Waals surface area contributed by atoms with Crippen molar-refractivity contribution in [2.45, 2.75) is 328 Å². The van der Waals surface area contributed by atoms with Crippen molar-refractivity contribution in [2.75, 3.05) is 40.9 Å². The number of amides is 1. The van der Waals surface area contributed by atoms with E-state index in [-0.39, 0.29) is 19.1 Å². The lowest BCUT2D eigenvalue weighted by Gasteiger charge is -2.25. The van der Waals surface area contributed by atoms with Crippen LogP contribution in [-0.2, 0) is 18.4 Å². The number of aliphatic hydroxyl groups excluding tert-OH is 1.